The van der Waals surface area contributed by atoms with Gasteiger partial charge in [0.1, 0.15) is 0 Å². The molecule has 0 radical (unpaired) electrons. The van der Waals surface area contributed by atoms with E-state index in [0.29, 0.717) is 12.5 Å². The van der Waals surface area contributed by atoms with Crippen LogP contribution in [0.4, 0.5) is 0 Å². The van der Waals surface area contributed by atoms with Crippen molar-refractivity contribution < 1.29 is 9.90 Å². The first kappa shape index (κ1) is 14.8. The largest absolute Gasteiger partial charge is 0.391 e. The molecule has 0 aliphatic heterocycles. The topological polar surface area (TPSA) is 43.8 Å². The van der Waals surface area contributed by atoms with Gasteiger partial charge in [-0.3, -0.25) is 9.69 Å². The number of aliphatic hydroxyl groups excluding tert-OH is 1. The van der Waals surface area contributed by atoms with Gasteiger partial charge < -0.3 is 10.0 Å². The van der Waals surface area contributed by atoms with Gasteiger partial charge in [0, 0.05) is 25.6 Å². The molecule has 2 fully saturated rings. The van der Waals surface area contributed by atoms with Crippen LogP contribution in [0.3, 0.4) is 0 Å². The number of nitrogens with zero attached hydrogens (tertiary/aromatic N) is 2. The highest BCUT2D eigenvalue weighted by Gasteiger charge is 2.66. The number of fused-ring (bicyclic) bond motifs is 2. The first-order valence-corrected chi connectivity index (χ1v) is 7.21. The number of rotatable bonds is 3. The Morgan fingerprint density at radius 2 is 1.84 bits per heavy atom. The number of amides is 1. The van der Waals surface area contributed by atoms with E-state index in [4.69, 9.17) is 0 Å². The van der Waals surface area contributed by atoms with E-state index in [9.17, 15) is 9.90 Å². The summed E-state index contributed by atoms with van der Waals surface area (Å²) in [5.74, 6) is 0.577. The molecule has 2 aliphatic carbocycles. The Morgan fingerprint density at radius 3 is 2.26 bits per heavy atom. The molecule has 2 saturated carbocycles. The summed E-state index contributed by atoms with van der Waals surface area (Å²) in [4.78, 5) is 15.5. The fraction of sp³-hybridized carbons (Fsp3) is 0.933. The van der Waals surface area contributed by atoms with Crippen LogP contribution in [0.5, 0.6) is 0 Å². The van der Waals surface area contributed by atoms with Gasteiger partial charge in [0.2, 0.25) is 5.91 Å². The fourth-order valence-corrected chi connectivity index (χ4v) is 4.29. The van der Waals surface area contributed by atoms with Crippen molar-refractivity contribution in [3.05, 3.63) is 0 Å². The third-order valence-corrected chi connectivity index (χ3v) is 6.15. The molecule has 4 nitrogen and oxygen atoms in total. The summed E-state index contributed by atoms with van der Waals surface area (Å²) in [7, 11) is 5.52. The van der Waals surface area contributed by atoms with E-state index in [1.807, 2.05) is 7.05 Å². The first-order chi connectivity index (χ1) is 8.63. The Bertz CT molecular complexity index is 380. The van der Waals surface area contributed by atoms with Gasteiger partial charge in [-0.1, -0.05) is 20.8 Å². The Kier molecular flexibility index (Phi) is 3.47. The number of aliphatic hydroxyl groups is 1. The Labute approximate surface area is 116 Å². The lowest BCUT2D eigenvalue weighted by Gasteiger charge is -2.39. The smallest absolute Gasteiger partial charge is 0.236 e. The maximum absolute atomic E-state index is 11.9. The van der Waals surface area contributed by atoms with Gasteiger partial charge in [0.25, 0.3) is 0 Å². The normalized spacial score (nSPS) is 39.9. The van der Waals surface area contributed by atoms with Crippen molar-refractivity contribution in [2.24, 2.45) is 16.7 Å². The van der Waals surface area contributed by atoms with Gasteiger partial charge in [-0.2, -0.15) is 0 Å². The molecule has 2 aliphatic rings. The van der Waals surface area contributed by atoms with Gasteiger partial charge in [-0.15, -0.1) is 0 Å². The molecule has 0 aromatic carbocycles. The molecule has 1 amide bonds. The van der Waals surface area contributed by atoms with Crippen LogP contribution < -0.4 is 0 Å². The van der Waals surface area contributed by atoms with Crippen LogP contribution in [-0.4, -0.2) is 60.6 Å². The van der Waals surface area contributed by atoms with Gasteiger partial charge in [-0.25, -0.2) is 0 Å². The van der Waals surface area contributed by atoms with Crippen LogP contribution in [0.2, 0.25) is 0 Å². The number of hydrogen-bond acceptors (Lipinski definition) is 3. The van der Waals surface area contributed by atoms with Gasteiger partial charge in [0.05, 0.1) is 12.6 Å². The van der Waals surface area contributed by atoms with Crippen molar-refractivity contribution in [2.45, 2.75) is 45.8 Å². The molecule has 0 spiro atoms. The highest BCUT2D eigenvalue weighted by atomic mass is 16.3. The minimum Gasteiger partial charge on any atom is -0.391 e. The van der Waals surface area contributed by atoms with Crippen LogP contribution >= 0.6 is 0 Å². The zero-order valence-electron chi connectivity index (χ0n) is 13.1. The Hall–Kier alpha value is -0.610. The predicted molar refractivity (Wildman–Crippen MR) is 75.7 cm³/mol. The van der Waals surface area contributed by atoms with E-state index in [1.165, 1.54) is 0 Å². The van der Waals surface area contributed by atoms with Crippen molar-refractivity contribution >= 4 is 5.91 Å². The van der Waals surface area contributed by atoms with Crippen molar-refractivity contribution in [3.63, 3.8) is 0 Å². The zero-order chi connectivity index (χ0) is 14.6. The van der Waals surface area contributed by atoms with Crippen molar-refractivity contribution in [1.29, 1.82) is 0 Å². The van der Waals surface area contributed by atoms with Crippen LogP contribution in [0, 0.1) is 16.7 Å². The van der Waals surface area contributed by atoms with Crippen LogP contribution in [0.15, 0.2) is 0 Å². The number of hydrogen-bond donors (Lipinski definition) is 1. The van der Waals surface area contributed by atoms with Gasteiger partial charge in [0.15, 0.2) is 0 Å². The highest BCUT2D eigenvalue weighted by molar-refractivity contribution is 5.77. The average Bonchev–Trinajstić information content (AvgIpc) is 2.60. The molecule has 2 rings (SSSR count). The average molecular weight is 268 g/mol. The van der Waals surface area contributed by atoms with Crippen molar-refractivity contribution in [1.82, 2.24) is 9.80 Å². The summed E-state index contributed by atoms with van der Waals surface area (Å²) in [6, 6.07) is 0.109. The van der Waals surface area contributed by atoms with E-state index >= 15 is 0 Å². The van der Waals surface area contributed by atoms with E-state index in [0.717, 1.165) is 12.8 Å². The van der Waals surface area contributed by atoms with Crippen molar-refractivity contribution in [2.75, 3.05) is 27.7 Å². The van der Waals surface area contributed by atoms with E-state index in [2.05, 4.69) is 25.7 Å². The zero-order valence-corrected chi connectivity index (χ0v) is 13.1. The fourth-order valence-electron chi connectivity index (χ4n) is 4.29. The lowest BCUT2D eigenvalue weighted by atomic mass is 9.70. The number of carbonyl (C=O) groups is 1. The molecule has 0 heterocycles. The monoisotopic (exact) mass is 268 g/mol. The molecule has 4 atom stereocenters. The summed E-state index contributed by atoms with van der Waals surface area (Å²) in [6.07, 6.45) is 1.92. The maximum Gasteiger partial charge on any atom is 0.236 e. The van der Waals surface area contributed by atoms with E-state index < -0.39 is 0 Å². The molecule has 0 aromatic rings. The van der Waals surface area contributed by atoms with Gasteiger partial charge in [-0.05, 0) is 31.2 Å². The molecular weight excluding hydrogens is 240 g/mol. The SMILES string of the molecule is CN(C)C(=O)CN(C)C1C2CCC(C)(C1O)C2(C)C. The molecule has 0 aromatic heterocycles. The third kappa shape index (κ3) is 1.91. The quantitative estimate of drug-likeness (QED) is 0.836. The molecular formula is C15H28N2O2. The molecule has 4 heteroatoms. The highest BCUT2D eigenvalue weighted by Crippen LogP contribution is 2.66. The van der Waals surface area contributed by atoms with Crippen LogP contribution in [-0.2, 0) is 4.79 Å². The second-order valence-electron chi connectivity index (χ2n) is 7.42. The Balaban J connectivity index is 2.17. The summed E-state index contributed by atoms with van der Waals surface area (Å²) in [5, 5.41) is 10.7. The summed E-state index contributed by atoms with van der Waals surface area (Å²) >= 11 is 0. The molecule has 0 saturated heterocycles. The number of carbonyl (C=O) groups excluding carboxylic acids is 1. The van der Waals surface area contributed by atoms with E-state index in [1.54, 1.807) is 19.0 Å². The summed E-state index contributed by atoms with van der Waals surface area (Å²) < 4.78 is 0. The Morgan fingerprint density at radius 1 is 1.26 bits per heavy atom. The third-order valence-electron chi connectivity index (χ3n) is 6.15. The first-order valence-electron chi connectivity index (χ1n) is 7.21. The second-order valence-corrected chi connectivity index (χ2v) is 7.42. The maximum atomic E-state index is 11.9. The van der Waals surface area contributed by atoms with Crippen molar-refractivity contribution in [3.8, 4) is 0 Å². The van der Waals surface area contributed by atoms with Gasteiger partial charge >= 0.3 is 0 Å². The minimum absolute atomic E-state index is 0.0161. The molecule has 2 bridgehead atoms. The standard InChI is InChI=1S/C15H28N2O2/c1-14(2)10-7-8-15(14,3)13(19)12(10)17(6)9-11(18)16(4)5/h10,12-13,19H,7-9H2,1-6H3. The summed E-state index contributed by atoms with van der Waals surface area (Å²) in [6.45, 7) is 7.14. The number of likely N-dealkylation sites (N-methyl/N-ethyl adjacent to an activating group) is 2. The summed E-state index contributed by atoms with van der Waals surface area (Å²) in [5.41, 5.74) is 0.129. The van der Waals surface area contributed by atoms with E-state index in [-0.39, 0.29) is 28.9 Å². The predicted octanol–water partition coefficient (Wildman–Crippen LogP) is 1.19. The molecule has 4 unspecified atom stereocenters. The minimum atomic E-state index is -0.332. The van der Waals surface area contributed by atoms with Crippen LogP contribution in [0.25, 0.3) is 0 Å². The lowest BCUT2D eigenvalue weighted by Crippen LogP contribution is -2.50. The van der Waals surface area contributed by atoms with Crippen LogP contribution in [0.1, 0.15) is 33.6 Å². The lowest BCUT2D eigenvalue weighted by molar-refractivity contribution is -0.131. The molecule has 19 heavy (non-hydrogen) atoms. The molecule has 1 N–H and O–H groups in total. The second kappa shape index (κ2) is 4.45. The molecule has 110 valence electrons.